The molecule has 0 bridgehead atoms. The van der Waals surface area contributed by atoms with Crippen LogP contribution in [0.3, 0.4) is 0 Å². The Kier molecular flexibility index (Phi) is 4.34. The number of hydrogen-bond acceptors (Lipinski definition) is 2. The molecule has 2 N–H and O–H groups in total. The molecule has 1 aromatic rings. The molecular weight excluding hydrogens is 309 g/mol. The maximum atomic E-state index is 11.0. The maximum absolute atomic E-state index is 11.0. The molecule has 0 aliphatic rings. The molecule has 1 amide bonds. The van der Waals surface area contributed by atoms with E-state index in [-0.39, 0.29) is 6.54 Å². The van der Waals surface area contributed by atoms with Gasteiger partial charge in [0.25, 0.3) is 0 Å². The number of nitrogens with zero attached hydrogens (tertiary/aromatic N) is 1. The zero-order chi connectivity index (χ0) is 11.4. The second-order valence-corrected chi connectivity index (χ2v) is 4.36. The molecule has 0 saturated carbocycles. The second-order valence-electron chi connectivity index (χ2n) is 3.19. The first-order valence-electron chi connectivity index (χ1n) is 4.45. The third kappa shape index (κ3) is 3.35. The SMILES string of the molecule is C[C@H](O)CN(C(=O)O)c1ccccc1I. The topological polar surface area (TPSA) is 60.8 Å². The molecule has 0 heterocycles. The molecule has 0 aliphatic carbocycles. The summed E-state index contributed by atoms with van der Waals surface area (Å²) in [5, 5.41) is 18.2. The summed E-state index contributed by atoms with van der Waals surface area (Å²) in [6.07, 6.45) is -1.74. The average Bonchev–Trinajstić information content (AvgIpc) is 2.15. The summed E-state index contributed by atoms with van der Waals surface area (Å²) in [5.41, 5.74) is 0.603. The van der Waals surface area contributed by atoms with Crippen molar-refractivity contribution >= 4 is 34.4 Å². The Morgan fingerprint density at radius 3 is 2.60 bits per heavy atom. The molecule has 4 nitrogen and oxygen atoms in total. The summed E-state index contributed by atoms with van der Waals surface area (Å²) in [6, 6.07) is 7.16. The third-order valence-electron chi connectivity index (χ3n) is 1.82. The van der Waals surface area contributed by atoms with Gasteiger partial charge in [-0.15, -0.1) is 0 Å². The van der Waals surface area contributed by atoms with E-state index in [2.05, 4.69) is 22.6 Å². The van der Waals surface area contributed by atoms with Gasteiger partial charge in [0.2, 0.25) is 0 Å². The fourth-order valence-corrected chi connectivity index (χ4v) is 1.89. The highest BCUT2D eigenvalue weighted by Crippen LogP contribution is 2.22. The highest BCUT2D eigenvalue weighted by molar-refractivity contribution is 14.1. The van der Waals surface area contributed by atoms with Gasteiger partial charge in [0.1, 0.15) is 0 Å². The van der Waals surface area contributed by atoms with Crippen LogP contribution in [0.2, 0.25) is 0 Å². The normalized spacial score (nSPS) is 12.2. The minimum Gasteiger partial charge on any atom is -0.465 e. The number of benzene rings is 1. The summed E-state index contributed by atoms with van der Waals surface area (Å²) in [4.78, 5) is 12.1. The van der Waals surface area contributed by atoms with Crippen LogP contribution in [0.4, 0.5) is 10.5 Å². The highest BCUT2D eigenvalue weighted by Gasteiger charge is 2.18. The van der Waals surface area contributed by atoms with E-state index < -0.39 is 12.2 Å². The van der Waals surface area contributed by atoms with Crippen LogP contribution in [0.25, 0.3) is 0 Å². The summed E-state index contributed by atoms with van der Waals surface area (Å²) < 4.78 is 0.846. The molecule has 0 saturated heterocycles. The number of hydrogen-bond donors (Lipinski definition) is 2. The average molecular weight is 321 g/mol. The Bertz CT molecular complexity index is 354. The Morgan fingerprint density at radius 1 is 1.53 bits per heavy atom. The minimum absolute atomic E-state index is 0.0787. The zero-order valence-corrected chi connectivity index (χ0v) is 10.4. The van der Waals surface area contributed by atoms with Crippen LogP contribution in [-0.2, 0) is 0 Å². The van der Waals surface area contributed by atoms with Crippen molar-refractivity contribution in [3.63, 3.8) is 0 Å². The maximum Gasteiger partial charge on any atom is 0.411 e. The predicted molar refractivity (Wildman–Crippen MR) is 66.2 cm³/mol. The lowest BCUT2D eigenvalue weighted by atomic mass is 10.2. The van der Waals surface area contributed by atoms with Gasteiger partial charge in [-0.2, -0.15) is 0 Å². The lowest BCUT2D eigenvalue weighted by molar-refractivity contribution is 0.180. The van der Waals surface area contributed by atoms with E-state index in [1.54, 1.807) is 19.1 Å². The van der Waals surface area contributed by atoms with Crippen molar-refractivity contribution < 1.29 is 15.0 Å². The second kappa shape index (κ2) is 5.32. The van der Waals surface area contributed by atoms with Crippen LogP contribution >= 0.6 is 22.6 Å². The summed E-state index contributed by atoms with van der Waals surface area (Å²) in [7, 11) is 0. The van der Waals surface area contributed by atoms with E-state index in [9.17, 15) is 9.90 Å². The first-order valence-corrected chi connectivity index (χ1v) is 5.53. The number of halogens is 1. The molecule has 5 heteroatoms. The van der Waals surface area contributed by atoms with Gasteiger partial charge in [0.05, 0.1) is 18.3 Å². The number of para-hydroxylation sites is 1. The lowest BCUT2D eigenvalue weighted by Crippen LogP contribution is -2.35. The third-order valence-corrected chi connectivity index (χ3v) is 2.73. The Morgan fingerprint density at radius 2 is 2.13 bits per heavy atom. The summed E-state index contributed by atoms with van der Waals surface area (Å²) in [6.45, 7) is 1.64. The predicted octanol–water partition coefficient (Wildman–Crippen LogP) is 2.16. The van der Waals surface area contributed by atoms with Gasteiger partial charge in [0, 0.05) is 3.57 Å². The quantitative estimate of drug-likeness (QED) is 0.839. The molecule has 0 aliphatic heterocycles. The molecule has 1 rings (SSSR count). The molecule has 0 aromatic heterocycles. The van der Waals surface area contributed by atoms with Crippen molar-refractivity contribution in [1.29, 1.82) is 0 Å². The van der Waals surface area contributed by atoms with Crippen molar-refractivity contribution in [2.45, 2.75) is 13.0 Å². The molecule has 82 valence electrons. The molecule has 1 atom stereocenters. The van der Waals surface area contributed by atoms with Crippen LogP contribution < -0.4 is 4.90 Å². The number of rotatable bonds is 3. The Labute approximate surface area is 102 Å². The number of amides is 1. The minimum atomic E-state index is -1.06. The molecule has 0 radical (unpaired) electrons. The fraction of sp³-hybridized carbons (Fsp3) is 0.300. The van der Waals surface area contributed by atoms with Crippen molar-refractivity contribution in [2.75, 3.05) is 11.4 Å². The van der Waals surface area contributed by atoms with E-state index in [1.165, 1.54) is 0 Å². The molecule has 0 unspecified atom stereocenters. The summed E-state index contributed by atoms with van der Waals surface area (Å²) in [5.74, 6) is 0. The molecule has 0 spiro atoms. The smallest absolute Gasteiger partial charge is 0.411 e. The van der Waals surface area contributed by atoms with E-state index in [1.807, 2.05) is 12.1 Å². The van der Waals surface area contributed by atoms with Crippen molar-refractivity contribution in [3.05, 3.63) is 27.8 Å². The van der Waals surface area contributed by atoms with E-state index in [4.69, 9.17) is 5.11 Å². The van der Waals surface area contributed by atoms with Gasteiger partial charge in [-0.1, -0.05) is 12.1 Å². The number of aliphatic hydroxyl groups excluding tert-OH is 1. The van der Waals surface area contributed by atoms with Gasteiger partial charge in [-0.05, 0) is 41.6 Å². The monoisotopic (exact) mass is 321 g/mol. The molecule has 15 heavy (non-hydrogen) atoms. The Hall–Kier alpha value is -0.820. The van der Waals surface area contributed by atoms with E-state index >= 15 is 0 Å². The highest BCUT2D eigenvalue weighted by atomic mass is 127. The number of anilines is 1. The van der Waals surface area contributed by atoms with Gasteiger partial charge in [-0.25, -0.2) is 4.79 Å². The van der Waals surface area contributed by atoms with Gasteiger partial charge >= 0.3 is 6.09 Å². The summed E-state index contributed by atoms with van der Waals surface area (Å²) >= 11 is 2.07. The Balaban J connectivity index is 2.99. The van der Waals surface area contributed by atoms with Crippen LogP contribution in [0.15, 0.2) is 24.3 Å². The van der Waals surface area contributed by atoms with Crippen LogP contribution in [0, 0.1) is 3.57 Å². The van der Waals surface area contributed by atoms with E-state index in [0.29, 0.717) is 5.69 Å². The van der Waals surface area contributed by atoms with E-state index in [0.717, 1.165) is 8.47 Å². The van der Waals surface area contributed by atoms with Crippen LogP contribution in [0.1, 0.15) is 6.92 Å². The van der Waals surface area contributed by atoms with Crippen LogP contribution in [0.5, 0.6) is 0 Å². The number of carbonyl (C=O) groups is 1. The first kappa shape index (κ1) is 12.3. The molecule has 1 aromatic carbocycles. The van der Waals surface area contributed by atoms with Crippen molar-refractivity contribution in [3.8, 4) is 0 Å². The van der Waals surface area contributed by atoms with Gasteiger partial charge in [0.15, 0.2) is 0 Å². The lowest BCUT2D eigenvalue weighted by Gasteiger charge is -2.21. The van der Waals surface area contributed by atoms with Crippen molar-refractivity contribution in [2.24, 2.45) is 0 Å². The fourth-order valence-electron chi connectivity index (χ4n) is 1.21. The van der Waals surface area contributed by atoms with Crippen LogP contribution in [-0.4, -0.2) is 29.0 Å². The number of carboxylic acid groups (broad SMARTS) is 1. The number of aliphatic hydroxyl groups is 1. The zero-order valence-electron chi connectivity index (χ0n) is 8.22. The molecule has 0 fully saturated rings. The van der Waals surface area contributed by atoms with Gasteiger partial charge in [-0.3, -0.25) is 4.90 Å². The van der Waals surface area contributed by atoms with Crippen molar-refractivity contribution in [1.82, 2.24) is 0 Å². The van der Waals surface area contributed by atoms with Gasteiger partial charge < -0.3 is 10.2 Å². The molecular formula is C10H12INO3. The largest absolute Gasteiger partial charge is 0.465 e. The first-order chi connectivity index (χ1) is 7.02. The standard InChI is InChI=1S/C10H12INO3/c1-7(13)6-12(10(14)15)9-5-3-2-4-8(9)11/h2-5,7,13H,6H2,1H3,(H,14,15)/t7-/m0/s1.